The molecule has 3 rings (SSSR count). The van der Waals surface area contributed by atoms with Gasteiger partial charge in [0.2, 0.25) is 0 Å². The Kier molecular flexibility index (Phi) is 3.35. The van der Waals surface area contributed by atoms with Gasteiger partial charge in [-0.1, -0.05) is 19.9 Å². The highest BCUT2D eigenvalue weighted by Crippen LogP contribution is 2.31. The number of hydrogen-bond acceptors (Lipinski definition) is 3. The first-order valence-corrected chi connectivity index (χ1v) is 7.67. The van der Waals surface area contributed by atoms with Gasteiger partial charge in [0.25, 0.3) is 0 Å². The number of hydrogen-bond donors (Lipinski definition) is 1. The third-order valence-electron chi connectivity index (χ3n) is 3.69. The van der Waals surface area contributed by atoms with E-state index in [0.717, 1.165) is 6.54 Å². The second-order valence-electron chi connectivity index (χ2n) is 5.48. The highest BCUT2D eigenvalue weighted by molar-refractivity contribution is 7.18. The Balaban J connectivity index is 1.94. The van der Waals surface area contributed by atoms with Crippen molar-refractivity contribution in [3.05, 3.63) is 28.8 Å². The molecule has 1 N–H and O–H groups in total. The molecule has 0 bridgehead atoms. The van der Waals surface area contributed by atoms with Crippen LogP contribution in [0.1, 0.15) is 49.1 Å². The van der Waals surface area contributed by atoms with E-state index < -0.39 is 0 Å². The molecule has 96 valence electrons. The van der Waals surface area contributed by atoms with Crippen LogP contribution in [-0.2, 0) is 0 Å². The maximum atomic E-state index is 4.77. The predicted octanol–water partition coefficient (Wildman–Crippen LogP) is 3.89. The highest BCUT2D eigenvalue weighted by atomic mass is 32.1. The molecule has 18 heavy (non-hydrogen) atoms. The molecular formula is C15H20N2S. The van der Waals surface area contributed by atoms with Crippen molar-refractivity contribution < 1.29 is 0 Å². The van der Waals surface area contributed by atoms with Gasteiger partial charge >= 0.3 is 0 Å². The van der Waals surface area contributed by atoms with Gasteiger partial charge in [0, 0.05) is 12.5 Å². The quantitative estimate of drug-likeness (QED) is 0.886. The van der Waals surface area contributed by atoms with Crippen molar-refractivity contribution in [3.8, 4) is 0 Å². The molecule has 0 spiro atoms. The second kappa shape index (κ2) is 4.98. The number of nitrogens with one attached hydrogen (secondary N) is 1. The molecule has 2 heterocycles. The second-order valence-corrected chi connectivity index (χ2v) is 6.54. The molecule has 0 radical (unpaired) electrons. The molecule has 1 unspecified atom stereocenters. The van der Waals surface area contributed by atoms with E-state index in [9.17, 15) is 0 Å². The first kappa shape index (κ1) is 12.1. The van der Waals surface area contributed by atoms with E-state index in [4.69, 9.17) is 4.98 Å². The standard InChI is InChI=1S/C15H20N2S/c1-10(2)15-17-13-8-11(5-6-14(13)18-15)12-4-3-7-16-9-12/h5-6,8,10,12,16H,3-4,7,9H2,1-2H3. The lowest BCUT2D eigenvalue weighted by Crippen LogP contribution is -2.28. The number of aromatic nitrogens is 1. The lowest BCUT2D eigenvalue weighted by atomic mass is 9.92. The van der Waals surface area contributed by atoms with Gasteiger partial charge in [-0.05, 0) is 43.0 Å². The molecule has 3 heteroatoms. The van der Waals surface area contributed by atoms with E-state index in [2.05, 4.69) is 37.4 Å². The molecule has 1 fully saturated rings. The first-order chi connectivity index (χ1) is 8.74. The van der Waals surface area contributed by atoms with Crippen LogP contribution in [0.4, 0.5) is 0 Å². The lowest BCUT2D eigenvalue weighted by Gasteiger charge is -2.22. The predicted molar refractivity (Wildman–Crippen MR) is 78.6 cm³/mol. The molecule has 1 aliphatic rings. The Labute approximate surface area is 112 Å². The largest absolute Gasteiger partial charge is 0.316 e. The summed E-state index contributed by atoms with van der Waals surface area (Å²) in [6.45, 7) is 6.72. The first-order valence-electron chi connectivity index (χ1n) is 6.85. The van der Waals surface area contributed by atoms with Gasteiger partial charge in [-0.3, -0.25) is 0 Å². The van der Waals surface area contributed by atoms with Gasteiger partial charge in [-0.25, -0.2) is 4.98 Å². The summed E-state index contributed by atoms with van der Waals surface area (Å²) in [6.07, 6.45) is 2.59. The van der Waals surface area contributed by atoms with Crippen LogP contribution >= 0.6 is 11.3 Å². The van der Waals surface area contributed by atoms with Gasteiger partial charge in [-0.2, -0.15) is 0 Å². The van der Waals surface area contributed by atoms with Crippen LogP contribution in [-0.4, -0.2) is 18.1 Å². The normalized spacial score (nSPS) is 20.7. The van der Waals surface area contributed by atoms with Gasteiger partial charge < -0.3 is 5.32 Å². The average Bonchev–Trinajstić information content (AvgIpc) is 2.82. The Hall–Kier alpha value is -0.930. The molecule has 1 saturated heterocycles. The molecule has 0 saturated carbocycles. The SMILES string of the molecule is CC(C)c1nc2cc(C3CCCNC3)ccc2s1. The molecular weight excluding hydrogens is 240 g/mol. The summed E-state index contributed by atoms with van der Waals surface area (Å²) in [4.78, 5) is 4.77. The Morgan fingerprint density at radius 3 is 3.00 bits per heavy atom. The van der Waals surface area contributed by atoms with Crippen molar-refractivity contribution in [2.24, 2.45) is 0 Å². The molecule has 1 atom stereocenters. The number of benzene rings is 1. The zero-order valence-corrected chi connectivity index (χ0v) is 11.9. The Bertz CT molecular complexity index is 538. The van der Waals surface area contributed by atoms with Crippen LogP contribution in [0.2, 0.25) is 0 Å². The maximum Gasteiger partial charge on any atom is 0.0963 e. The maximum absolute atomic E-state index is 4.77. The smallest absolute Gasteiger partial charge is 0.0963 e. The highest BCUT2D eigenvalue weighted by Gasteiger charge is 2.16. The molecule has 1 aromatic heterocycles. The van der Waals surface area contributed by atoms with Crippen molar-refractivity contribution in [2.45, 2.75) is 38.5 Å². The summed E-state index contributed by atoms with van der Waals surface area (Å²) in [7, 11) is 0. The number of piperidine rings is 1. The minimum atomic E-state index is 0.530. The Morgan fingerprint density at radius 1 is 1.39 bits per heavy atom. The van der Waals surface area contributed by atoms with E-state index >= 15 is 0 Å². The van der Waals surface area contributed by atoms with Gasteiger partial charge in [0.1, 0.15) is 0 Å². The molecule has 2 nitrogen and oxygen atoms in total. The van der Waals surface area contributed by atoms with Crippen molar-refractivity contribution >= 4 is 21.6 Å². The van der Waals surface area contributed by atoms with Crippen molar-refractivity contribution in [2.75, 3.05) is 13.1 Å². The van der Waals surface area contributed by atoms with Crippen LogP contribution in [0, 0.1) is 0 Å². The van der Waals surface area contributed by atoms with Crippen molar-refractivity contribution in [1.82, 2.24) is 10.3 Å². The minimum Gasteiger partial charge on any atom is -0.316 e. The van der Waals surface area contributed by atoms with Gasteiger partial charge in [0.15, 0.2) is 0 Å². The molecule has 0 amide bonds. The van der Waals surface area contributed by atoms with Crippen LogP contribution in [0.3, 0.4) is 0 Å². The van der Waals surface area contributed by atoms with Crippen LogP contribution in [0.15, 0.2) is 18.2 Å². The van der Waals surface area contributed by atoms with Crippen LogP contribution in [0.25, 0.3) is 10.2 Å². The van der Waals surface area contributed by atoms with E-state index in [1.165, 1.54) is 40.2 Å². The number of fused-ring (bicyclic) bond motifs is 1. The fraction of sp³-hybridized carbons (Fsp3) is 0.533. The van der Waals surface area contributed by atoms with Gasteiger partial charge in [0.05, 0.1) is 15.2 Å². The third kappa shape index (κ3) is 2.29. The van der Waals surface area contributed by atoms with E-state index in [1.807, 2.05) is 11.3 Å². The van der Waals surface area contributed by atoms with E-state index in [0.29, 0.717) is 11.8 Å². The summed E-state index contributed by atoms with van der Waals surface area (Å²) in [5.41, 5.74) is 2.64. The summed E-state index contributed by atoms with van der Waals surface area (Å²) in [6, 6.07) is 6.85. The summed E-state index contributed by atoms with van der Waals surface area (Å²) in [5, 5.41) is 4.74. The summed E-state index contributed by atoms with van der Waals surface area (Å²) < 4.78 is 1.33. The van der Waals surface area contributed by atoms with E-state index in [1.54, 1.807) is 0 Å². The topological polar surface area (TPSA) is 24.9 Å². The molecule has 1 aromatic carbocycles. The molecule has 1 aliphatic heterocycles. The lowest BCUT2D eigenvalue weighted by molar-refractivity contribution is 0.462. The monoisotopic (exact) mass is 260 g/mol. The fourth-order valence-corrected chi connectivity index (χ4v) is 3.55. The van der Waals surface area contributed by atoms with Crippen LogP contribution < -0.4 is 5.32 Å². The Morgan fingerprint density at radius 2 is 2.28 bits per heavy atom. The van der Waals surface area contributed by atoms with Crippen LogP contribution in [0.5, 0.6) is 0 Å². The minimum absolute atomic E-state index is 0.530. The van der Waals surface area contributed by atoms with Crippen molar-refractivity contribution in [3.63, 3.8) is 0 Å². The van der Waals surface area contributed by atoms with Gasteiger partial charge in [-0.15, -0.1) is 11.3 Å². The zero-order chi connectivity index (χ0) is 12.5. The third-order valence-corrected chi connectivity index (χ3v) is 5.03. The van der Waals surface area contributed by atoms with Crippen molar-refractivity contribution in [1.29, 1.82) is 0 Å². The summed E-state index contributed by atoms with van der Waals surface area (Å²) >= 11 is 1.83. The average molecular weight is 260 g/mol. The summed E-state index contributed by atoms with van der Waals surface area (Å²) in [5.74, 6) is 1.20. The van der Waals surface area contributed by atoms with E-state index in [-0.39, 0.29) is 0 Å². The molecule has 0 aliphatic carbocycles. The number of nitrogens with zero attached hydrogens (tertiary/aromatic N) is 1. The molecule has 2 aromatic rings. The zero-order valence-electron chi connectivity index (χ0n) is 11.1. The number of thiazole rings is 1. The number of rotatable bonds is 2. The fourth-order valence-electron chi connectivity index (χ4n) is 2.60.